The number of thiazole rings is 1. The van der Waals surface area contributed by atoms with Gasteiger partial charge in [-0.1, -0.05) is 11.3 Å². The van der Waals surface area contributed by atoms with Gasteiger partial charge >= 0.3 is 0 Å². The Bertz CT molecular complexity index is 1510. The van der Waals surface area contributed by atoms with Crippen molar-refractivity contribution in [2.75, 3.05) is 0 Å². The molecule has 144 valence electrons. The van der Waals surface area contributed by atoms with E-state index in [0.29, 0.717) is 4.53 Å². The van der Waals surface area contributed by atoms with Crippen molar-refractivity contribution in [3.05, 3.63) is 85.7 Å². The van der Waals surface area contributed by atoms with Crippen LogP contribution in [0, 0.1) is 27.7 Å². The van der Waals surface area contributed by atoms with Gasteiger partial charge in [-0.2, -0.15) is 0 Å². The maximum Gasteiger partial charge on any atom is 0.274 e. The zero-order chi connectivity index (χ0) is 20.3. The van der Waals surface area contributed by atoms with E-state index >= 15 is 0 Å². The summed E-state index contributed by atoms with van der Waals surface area (Å²) in [7, 11) is 0. The van der Waals surface area contributed by atoms with Crippen LogP contribution >= 0.6 is 11.3 Å². The molecule has 0 saturated heterocycles. The molecule has 6 heteroatoms. The Kier molecular flexibility index (Phi) is 3.93. The Morgan fingerprint density at radius 1 is 1.07 bits per heavy atom. The van der Waals surface area contributed by atoms with Crippen molar-refractivity contribution >= 4 is 33.4 Å². The molecule has 0 amide bonds. The van der Waals surface area contributed by atoms with Crippen LogP contribution in [0.2, 0.25) is 0 Å². The van der Waals surface area contributed by atoms with Crippen molar-refractivity contribution in [3.63, 3.8) is 0 Å². The van der Waals surface area contributed by atoms with Gasteiger partial charge in [-0.05, 0) is 80.8 Å². The lowest BCUT2D eigenvalue weighted by atomic mass is 10.1. The fourth-order valence-corrected chi connectivity index (χ4v) is 4.85. The quantitative estimate of drug-likeness (QED) is 0.452. The molecule has 0 unspecified atom stereocenters. The third-order valence-corrected chi connectivity index (χ3v) is 6.48. The number of benzene rings is 1. The summed E-state index contributed by atoms with van der Waals surface area (Å²) in [4.78, 5) is 22.8. The molecule has 1 aromatic carbocycles. The first-order valence-electron chi connectivity index (χ1n) is 9.47. The number of hydrogen-bond donors (Lipinski definition) is 0. The minimum Gasteiger partial charge on any atom is -0.316 e. The Morgan fingerprint density at radius 2 is 1.86 bits per heavy atom. The summed E-state index contributed by atoms with van der Waals surface area (Å²) in [5, 5.41) is 0. The Labute approximate surface area is 171 Å². The number of hydrogen-bond acceptors (Lipinski definition) is 4. The molecule has 0 radical (unpaired) electrons. The number of imidazole rings is 1. The molecule has 0 aliphatic rings. The molecular formula is C23H20N4OS. The largest absolute Gasteiger partial charge is 0.316 e. The van der Waals surface area contributed by atoms with Crippen LogP contribution < -0.4 is 10.1 Å². The number of fused-ring (bicyclic) bond motifs is 3. The summed E-state index contributed by atoms with van der Waals surface area (Å²) in [5.74, 6) is 0. The number of aryl methyl sites for hydroxylation is 3. The first-order chi connectivity index (χ1) is 13.9. The predicted molar refractivity (Wildman–Crippen MR) is 118 cm³/mol. The number of aromatic nitrogens is 4. The Hall–Kier alpha value is -3.25. The van der Waals surface area contributed by atoms with E-state index in [2.05, 4.69) is 60.4 Å². The van der Waals surface area contributed by atoms with Crippen LogP contribution in [0.5, 0.6) is 0 Å². The summed E-state index contributed by atoms with van der Waals surface area (Å²) >= 11 is 1.44. The molecule has 4 aromatic heterocycles. The smallest absolute Gasteiger partial charge is 0.274 e. The van der Waals surface area contributed by atoms with Gasteiger partial charge in [0.05, 0.1) is 27.4 Å². The third-order valence-electron chi connectivity index (χ3n) is 5.52. The lowest BCUT2D eigenvalue weighted by molar-refractivity contribution is 0.954. The second-order valence-corrected chi connectivity index (χ2v) is 8.45. The van der Waals surface area contributed by atoms with Crippen molar-refractivity contribution in [3.8, 4) is 5.69 Å². The third kappa shape index (κ3) is 2.71. The van der Waals surface area contributed by atoms with E-state index < -0.39 is 0 Å². The van der Waals surface area contributed by atoms with Gasteiger partial charge in [-0.15, -0.1) is 0 Å². The highest BCUT2D eigenvalue weighted by Gasteiger charge is 2.14. The van der Waals surface area contributed by atoms with E-state index in [-0.39, 0.29) is 5.56 Å². The molecule has 0 atom stereocenters. The van der Waals surface area contributed by atoms with Gasteiger partial charge < -0.3 is 4.57 Å². The van der Waals surface area contributed by atoms with Crippen molar-refractivity contribution in [2.24, 2.45) is 0 Å². The van der Waals surface area contributed by atoms with Crippen molar-refractivity contribution < 1.29 is 0 Å². The SMILES string of the molecule is Cc1cc2nc3s/c(=C\c4cc(C)n(-c5cccnc5)c4C)c(=O)n3c2cc1C. The fourth-order valence-electron chi connectivity index (χ4n) is 3.88. The van der Waals surface area contributed by atoms with E-state index in [9.17, 15) is 4.79 Å². The van der Waals surface area contributed by atoms with Crippen molar-refractivity contribution in [2.45, 2.75) is 27.7 Å². The van der Waals surface area contributed by atoms with Gasteiger partial charge in [-0.25, -0.2) is 9.38 Å². The average molecular weight is 401 g/mol. The monoisotopic (exact) mass is 400 g/mol. The predicted octanol–water partition coefficient (Wildman–Crippen LogP) is 3.88. The molecule has 0 aliphatic carbocycles. The van der Waals surface area contributed by atoms with Crippen molar-refractivity contribution in [1.82, 2.24) is 18.9 Å². The van der Waals surface area contributed by atoms with E-state index in [1.165, 1.54) is 16.9 Å². The second kappa shape index (κ2) is 6.39. The second-order valence-electron chi connectivity index (χ2n) is 7.44. The summed E-state index contributed by atoms with van der Waals surface area (Å²) in [5.41, 5.74) is 8.32. The van der Waals surface area contributed by atoms with Gasteiger partial charge in [0.1, 0.15) is 0 Å². The summed E-state index contributed by atoms with van der Waals surface area (Å²) in [6.45, 7) is 8.26. The molecule has 0 aliphatic heterocycles. The van der Waals surface area contributed by atoms with Crippen LogP contribution in [0.4, 0.5) is 0 Å². The van der Waals surface area contributed by atoms with Gasteiger partial charge in [0.2, 0.25) is 0 Å². The fraction of sp³-hybridized carbons (Fsp3) is 0.174. The first-order valence-corrected chi connectivity index (χ1v) is 10.3. The molecule has 0 saturated carbocycles. The number of pyridine rings is 1. The van der Waals surface area contributed by atoms with Crippen LogP contribution in [0.3, 0.4) is 0 Å². The van der Waals surface area contributed by atoms with E-state index in [0.717, 1.165) is 44.2 Å². The van der Waals surface area contributed by atoms with E-state index in [1.54, 1.807) is 10.6 Å². The number of nitrogens with zero attached hydrogens (tertiary/aromatic N) is 4. The Balaban J connectivity index is 1.72. The van der Waals surface area contributed by atoms with Gasteiger partial charge in [0.15, 0.2) is 4.96 Å². The molecule has 0 fully saturated rings. The normalized spacial score (nSPS) is 12.5. The summed E-state index contributed by atoms with van der Waals surface area (Å²) in [6, 6.07) is 10.2. The molecule has 4 heterocycles. The van der Waals surface area contributed by atoms with Crippen LogP contribution in [-0.4, -0.2) is 18.9 Å². The summed E-state index contributed by atoms with van der Waals surface area (Å²) < 4.78 is 4.58. The molecule has 0 bridgehead atoms. The highest BCUT2D eigenvalue weighted by atomic mass is 32.1. The van der Waals surface area contributed by atoms with Crippen LogP contribution in [0.25, 0.3) is 27.8 Å². The topological polar surface area (TPSA) is 52.2 Å². The van der Waals surface area contributed by atoms with Crippen LogP contribution in [0.1, 0.15) is 28.1 Å². The van der Waals surface area contributed by atoms with E-state index in [4.69, 9.17) is 0 Å². The zero-order valence-corrected chi connectivity index (χ0v) is 17.5. The average Bonchev–Trinajstić information content (AvgIpc) is 3.28. The molecule has 0 N–H and O–H groups in total. The van der Waals surface area contributed by atoms with Crippen LogP contribution in [-0.2, 0) is 0 Å². The lowest BCUT2D eigenvalue weighted by Crippen LogP contribution is -2.22. The molecule has 5 aromatic rings. The lowest BCUT2D eigenvalue weighted by Gasteiger charge is -2.08. The van der Waals surface area contributed by atoms with Crippen LogP contribution in [0.15, 0.2) is 47.5 Å². The summed E-state index contributed by atoms with van der Waals surface area (Å²) in [6.07, 6.45) is 5.59. The Morgan fingerprint density at radius 3 is 2.62 bits per heavy atom. The van der Waals surface area contributed by atoms with Crippen molar-refractivity contribution in [1.29, 1.82) is 0 Å². The first kappa shape index (κ1) is 17.8. The molecule has 5 nitrogen and oxygen atoms in total. The minimum atomic E-state index is -0.0121. The van der Waals surface area contributed by atoms with Gasteiger partial charge in [0, 0.05) is 17.6 Å². The molecule has 29 heavy (non-hydrogen) atoms. The molecule has 0 spiro atoms. The molecular weight excluding hydrogens is 380 g/mol. The number of rotatable bonds is 2. The van der Waals surface area contributed by atoms with Gasteiger partial charge in [-0.3, -0.25) is 9.78 Å². The van der Waals surface area contributed by atoms with Gasteiger partial charge in [0.25, 0.3) is 5.56 Å². The maximum absolute atomic E-state index is 13.2. The maximum atomic E-state index is 13.2. The minimum absolute atomic E-state index is 0.0121. The molecule has 5 rings (SSSR count). The highest BCUT2D eigenvalue weighted by molar-refractivity contribution is 7.15. The zero-order valence-electron chi connectivity index (χ0n) is 16.7. The highest BCUT2D eigenvalue weighted by Crippen LogP contribution is 2.22. The van der Waals surface area contributed by atoms with E-state index in [1.807, 2.05) is 24.4 Å². The standard InChI is InChI=1S/C23H20N4OS/c1-13-8-19-20(9-14(13)2)27-22(28)21(29-23(27)25-19)11-17-10-15(3)26(16(17)4)18-6-5-7-24-12-18/h5-12H,1-4H3/b21-11-.